The molecule has 1 aromatic heterocycles. The molecule has 112 valence electrons. The van der Waals surface area contributed by atoms with E-state index in [-0.39, 0.29) is 12.5 Å². The third kappa shape index (κ3) is 4.56. The SMILES string of the molecule is CCCCCNC(=O)COC(=O)c1cc2ccccc2s1. The fourth-order valence-corrected chi connectivity index (χ4v) is 2.90. The molecule has 1 amide bonds. The summed E-state index contributed by atoms with van der Waals surface area (Å²) in [4.78, 5) is 24.0. The largest absolute Gasteiger partial charge is 0.451 e. The lowest BCUT2D eigenvalue weighted by molar-refractivity contribution is -0.124. The second-order valence-corrected chi connectivity index (χ2v) is 5.87. The summed E-state index contributed by atoms with van der Waals surface area (Å²) in [6.45, 7) is 2.51. The van der Waals surface area contributed by atoms with Crippen LogP contribution in [0, 0.1) is 0 Å². The zero-order chi connectivity index (χ0) is 15.1. The van der Waals surface area contributed by atoms with E-state index in [1.165, 1.54) is 11.3 Å². The first-order chi connectivity index (χ1) is 10.2. The van der Waals surface area contributed by atoms with Crippen LogP contribution >= 0.6 is 11.3 Å². The predicted molar refractivity (Wildman–Crippen MR) is 84.6 cm³/mol. The van der Waals surface area contributed by atoms with Gasteiger partial charge in [-0.3, -0.25) is 4.79 Å². The van der Waals surface area contributed by atoms with Crippen LogP contribution in [-0.2, 0) is 9.53 Å². The highest BCUT2D eigenvalue weighted by Crippen LogP contribution is 2.25. The van der Waals surface area contributed by atoms with Crippen molar-refractivity contribution in [2.45, 2.75) is 26.2 Å². The van der Waals surface area contributed by atoms with Crippen molar-refractivity contribution in [1.29, 1.82) is 0 Å². The van der Waals surface area contributed by atoms with Crippen molar-refractivity contribution in [2.24, 2.45) is 0 Å². The fraction of sp³-hybridized carbons (Fsp3) is 0.375. The van der Waals surface area contributed by atoms with Crippen molar-refractivity contribution in [2.75, 3.05) is 13.2 Å². The summed E-state index contributed by atoms with van der Waals surface area (Å²) >= 11 is 1.38. The number of ether oxygens (including phenoxy) is 1. The molecular formula is C16H19NO3S. The second-order valence-electron chi connectivity index (χ2n) is 4.78. The quantitative estimate of drug-likeness (QED) is 0.630. The molecule has 2 aromatic rings. The summed E-state index contributed by atoms with van der Waals surface area (Å²) in [6, 6.07) is 9.55. The minimum Gasteiger partial charge on any atom is -0.451 e. The zero-order valence-corrected chi connectivity index (χ0v) is 12.9. The molecule has 0 fully saturated rings. The maximum Gasteiger partial charge on any atom is 0.348 e. The topological polar surface area (TPSA) is 55.4 Å². The van der Waals surface area contributed by atoms with Crippen molar-refractivity contribution >= 4 is 33.3 Å². The van der Waals surface area contributed by atoms with Gasteiger partial charge in [0, 0.05) is 11.2 Å². The van der Waals surface area contributed by atoms with E-state index in [1.807, 2.05) is 24.3 Å². The molecule has 1 N–H and O–H groups in total. The number of hydrogen-bond donors (Lipinski definition) is 1. The molecule has 0 saturated carbocycles. The van der Waals surface area contributed by atoms with E-state index < -0.39 is 5.97 Å². The highest BCUT2D eigenvalue weighted by Gasteiger charge is 2.13. The molecule has 0 saturated heterocycles. The average Bonchev–Trinajstić information content (AvgIpc) is 2.93. The Balaban J connectivity index is 1.80. The van der Waals surface area contributed by atoms with Crippen molar-refractivity contribution in [3.05, 3.63) is 35.2 Å². The van der Waals surface area contributed by atoms with Gasteiger partial charge >= 0.3 is 5.97 Å². The Morgan fingerprint density at radius 1 is 1.24 bits per heavy atom. The summed E-state index contributed by atoms with van der Waals surface area (Å²) in [5.74, 6) is -0.694. The molecule has 0 radical (unpaired) electrons. The van der Waals surface area contributed by atoms with E-state index in [4.69, 9.17) is 4.74 Å². The van der Waals surface area contributed by atoms with Gasteiger partial charge in [0.1, 0.15) is 4.88 Å². The van der Waals surface area contributed by atoms with E-state index in [2.05, 4.69) is 12.2 Å². The van der Waals surface area contributed by atoms with Gasteiger partial charge in [0.25, 0.3) is 5.91 Å². The fourth-order valence-electron chi connectivity index (χ4n) is 1.94. The van der Waals surface area contributed by atoms with Gasteiger partial charge in [0.2, 0.25) is 0 Å². The Labute approximate surface area is 128 Å². The number of esters is 1. The molecular weight excluding hydrogens is 286 g/mol. The molecule has 0 bridgehead atoms. The van der Waals surface area contributed by atoms with Crippen molar-refractivity contribution in [1.82, 2.24) is 5.32 Å². The smallest absolute Gasteiger partial charge is 0.348 e. The number of nitrogens with one attached hydrogen (secondary N) is 1. The van der Waals surface area contributed by atoms with Crippen LogP contribution in [0.3, 0.4) is 0 Å². The molecule has 21 heavy (non-hydrogen) atoms. The van der Waals surface area contributed by atoms with Crippen LogP contribution < -0.4 is 5.32 Å². The summed E-state index contributed by atoms with van der Waals surface area (Å²) in [6.07, 6.45) is 3.14. The van der Waals surface area contributed by atoms with Gasteiger partial charge in [0.05, 0.1) is 0 Å². The molecule has 2 rings (SSSR count). The van der Waals surface area contributed by atoms with Gasteiger partial charge in [-0.25, -0.2) is 4.79 Å². The van der Waals surface area contributed by atoms with Crippen molar-refractivity contribution in [3.63, 3.8) is 0 Å². The number of carbonyl (C=O) groups is 2. The lowest BCUT2D eigenvalue weighted by Gasteiger charge is -2.05. The van der Waals surface area contributed by atoms with Crippen LogP contribution in [0.2, 0.25) is 0 Å². The highest BCUT2D eigenvalue weighted by molar-refractivity contribution is 7.20. The molecule has 5 heteroatoms. The van der Waals surface area contributed by atoms with Crippen LogP contribution in [0.25, 0.3) is 10.1 Å². The first-order valence-corrected chi connectivity index (χ1v) is 7.94. The molecule has 4 nitrogen and oxygen atoms in total. The number of thiophene rings is 1. The summed E-state index contributed by atoms with van der Waals surface area (Å²) in [5, 5.41) is 3.75. The van der Waals surface area contributed by atoms with Crippen molar-refractivity contribution < 1.29 is 14.3 Å². The van der Waals surface area contributed by atoms with Gasteiger partial charge in [0.15, 0.2) is 6.61 Å². The highest BCUT2D eigenvalue weighted by atomic mass is 32.1. The molecule has 1 heterocycles. The Morgan fingerprint density at radius 2 is 2.05 bits per heavy atom. The summed E-state index contributed by atoms with van der Waals surface area (Å²) < 4.78 is 6.07. The van der Waals surface area contributed by atoms with Crippen LogP contribution in [0.1, 0.15) is 35.9 Å². The van der Waals surface area contributed by atoms with Crippen LogP contribution in [0.4, 0.5) is 0 Å². The number of hydrogen-bond acceptors (Lipinski definition) is 4. The Hall–Kier alpha value is -1.88. The normalized spacial score (nSPS) is 10.5. The summed E-state index contributed by atoms with van der Waals surface area (Å²) in [7, 11) is 0. The average molecular weight is 305 g/mol. The second kappa shape index (κ2) is 7.78. The number of rotatable bonds is 7. The zero-order valence-electron chi connectivity index (χ0n) is 12.1. The number of carbonyl (C=O) groups excluding carboxylic acids is 2. The first kappa shape index (κ1) is 15.5. The Morgan fingerprint density at radius 3 is 2.81 bits per heavy atom. The maximum absolute atomic E-state index is 11.9. The molecule has 0 aliphatic heterocycles. The Kier molecular flexibility index (Phi) is 5.75. The summed E-state index contributed by atoms with van der Waals surface area (Å²) in [5.41, 5.74) is 0. The van der Waals surface area contributed by atoms with Gasteiger partial charge in [-0.1, -0.05) is 38.0 Å². The van der Waals surface area contributed by atoms with Gasteiger partial charge in [-0.15, -0.1) is 11.3 Å². The van der Waals surface area contributed by atoms with Crippen LogP contribution in [0.5, 0.6) is 0 Å². The third-order valence-electron chi connectivity index (χ3n) is 3.06. The monoisotopic (exact) mass is 305 g/mol. The Bertz CT molecular complexity index is 588. The van der Waals surface area contributed by atoms with Gasteiger partial charge < -0.3 is 10.1 Å². The minimum absolute atomic E-state index is 0.223. The maximum atomic E-state index is 11.9. The minimum atomic E-state index is -0.445. The van der Waals surface area contributed by atoms with E-state index in [0.29, 0.717) is 11.4 Å². The molecule has 0 aliphatic carbocycles. The number of fused-ring (bicyclic) bond motifs is 1. The molecule has 1 aromatic carbocycles. The van der Waals surface area contributed by atoms with Gasteiger partial charge in [-0.05, 0) is 23.9 Å². The van der Waals surface area contributed by atoms with Crippen molar-refractivity contribution in [3.8, 4) is 0 Å². The number of unbranched alkanes of at least 4 members (excludes halogenated alkanes) is 2. The standard InChI is InChI=1S/C16H19NO3S/c1-2-3-6-9-17-15(18)11-20-16(19)14-10-12-7-4-5-8-13(12)21-14/h4-5,7-8,10H,2-3,6,9,11H2,1H3,(H,17,18). The van der Waals surface area contributed by atoms with E-state index in [0.717, 1.165) is 29.3 Å². The number of benzene rings is 1. The molecule has 0 spiro atoms. The van der Waals surface area contributed by atoms with E-state index >= 15 is 0 Å². The van der Waals surface area contributed by atoms with E-state index in [1.54, 1.807) is 6.07 Å². The molecule has 0 atom stereocenters. The first-order valence-electron chi connectivity index (χ1n) is 7.13. The molecule has 0 aliphatic rings. The van der Waals surface area contributed by atoms with E-state index in [9.17, 15) is 9.59 Å². The van der Waals surface area contributed by atoms with Crippen LogP contribution in [0.15, 0.2) is 30.3 Å². The van der Waals surface area contributed by atoms with Crippen LogP contribution in [-0.4, -0.2) is 25.0 Å². The third-order valence-corrected chi connectivity index (χ3v) is 4.16. The predicted octanol–water partition coefficient (Wildman–Crippen LogP) is 3.36. The lowest BCUT2D eigenvalue weighted by Crippen LogP contribution is -2.29. The molecule has 0 unspecified atom stereocenters. The lowest BCUT2D eigenvalue weighted by atomic mass is 10.2. The van der Waals surface area contributed by atoms with Gasteiger partial charge in [-0.2, -0.15) is 0 Å². The number of amides is 1.